The van der Waals surface area contributed by atoms with E-state index in [1.165, 1.54) is 18.2 Å². The maximum Gasteiger partial charge on any atom is 0.270 e. The summed E-state index contributed by atoms with van der Waals surface area (Å²) in [4.78, 5) is 10.2. The number of rotatable bonds is 2. The fraction of sp³-hybridized carbons (Fsp3) is 0.154. The maximum absolute atomic E-state index is 12.0. The number of aromatic nitrogens is 1. The van der Waals surface area contributed by atoms with Gasteiger partial charge in [0.05, 0.1) is 10.3 Å². The van der Waals surface area contributed by atoms with Crippen LogP contribution in [0.4, 0.5) is 5.69 Å². The standard InChI is InChI=1S/C13H12N2O3/c1-9(2)7-11-4-3-10-8-12(15(17)18)5-6-13(10)14(11)16/h3-8H,1-2H3. The van der Waals surface area contributed by atoms with Crippen LogP contribution in [0.2, 0.25) is 0 Å². The molecule has 1 aromatic heterocycles. The monoisotopic (exact) mass is 244 g/mol. The third kappa shape index (κ3) is 2.15. The van der Waals surface area contributed by atoms with Crippen LogP contribution in [-0.2, 0) is 0 Å². The first-order valence-electron chi connectivity index (χ1n) is 5.44. The number of allylic oxidation sites excluding steroid dienone is 1. The van der Waals surface area contributed by atoms with Crippen molar-refractivity contribution in [2.45, 2.75) is 13.8 Å². The van der Waals surface area contributed by atoms with E-state index in [1.54, 1.807) is 18.2 Å². The molecule has 1 aromatic carbocycles. The smallest absolute Gasteiger partial charge is 0.270 e. The van der Waals surface area contributed by atoms with E-state index in [1.807, 2.05) is 13.8 Å². The molecule has 0 aliphatic rings. The Kier molecular flexibility index (Phi) is 2.97. The summed E-state index contributed by atoms with van der Waals surface area (Å²) in [5.74, 6) is 0. The molecule has 1 heterocycles. The second-order valence-corrected chi connectivity index (χ2v) is 4.27. The Bertz CT molecular complexity index is 659. The first-order valence-corrected chi connectivity index (χ1v) is 5.44. The molecule has 0 spiro atoms. The van der Waals surface area contributed by atoms with E-state index >= 15 is 0 Å². The highest BCUT2D eigenvalue weighted by Crippen LogP contribution is 2.19. The van der Waals surface area contributed by atoms with Crippen molar-refractivity contribution in [3.05, 3.63) is 56.9 Å². The van der Waals surface area contributed by atoms with Gasteiger partial charge in [0.2, 0.25) is 11.2 Å². The number of pyridine rings is 1. The summed E-state index contributed by atoms with van der Waals surface area (Å²) < 4.78 is 0.784. The van der Waals surface area contributed by atoms with Gasteiger partial charge < -0.3 is 5.21 Å². The number of nitrogens with zero attached hydrogens (tertiary/aromatic N) is 2. The zero-order valence-corrected chi connectivity index (χ0v) is 10.1. The molecule has 2 rings (SSSR count). The molecular formula is C13H12N2O3. The van der Waals surface area contributed by atoms with Gasteiger partial charge in [-0.05, 0) is 19.9 Å². The Morgan fingerprint density at radius 2 is 2.00 bits per heavy atom. The fourth-order valence-corrected chi connectivity index (χ4v) is 1.76. The van der Waals surface area contributed by atoms with Crippen LogP contribution in [0.3, 0.4) is 0 Å². The molecule has 0 saturated heterocycles. The van der Waals surface area contributed by atoms with Crippen LogP contribution < -0.4 is 4.73 Å². The number of benzene rings is 1. The van der Waals surface area contributed by atoms with E-state index in [-0.39, 0.29) is 5.69 Å². The van der Waals surface area contributed by atoms with Crippen LogP contribution in [0.15, 0.2) is 35.9 Å². The Morgan fingerprint density at radius 3 is 2.61 bits per heavy atom. The lowest BCUT2D eigenvalue weighted by Crippen LogP contribution is -2.30. The van der Waals surface area contributed by atoms with Gasteiger partial charge in [-0.3, -0.25) is 10.1 Å². The summed E-state index contributed by atoms with van der Waals surface area (Å²) in [6, 6.07) is 7.58. The van der Waals surface area contributed by atoms with E-state index in [0.717, 1.165) is 10.3 Å². The predicted octanol–water partition coefficient (Wildman–Crippen LogP) is 2.80. The van der Waals surface area contributed by atoms with Crippen molar-refractivity contribution in [2.75, 3.05) is 0 Å². The lowest BCUT2D eigenvalue weighted by atomic mass is 10.1. The molecule has 2 aromatic rings. The van der Waals surface area contributed by atoms with Crippen molar-refractivity contribution < 1.29 is 9.65 Å². The highest BCUT2D eigenvalue weighted by Gasteiger charge is 2.12. The van der Waals surface area contributed by atoms with Crippen LogP contribution in [0, 0.1) is 15.3 Å². The molecule has 18 heavy (non-hydrogen) atoms. The first kappa shape index (κ1) is 12.0. The van der Waals surface area contributed by atoms with E-state index in [2.05, 4.69) is 0 Å². The summed E-state index contributed by atoms with van der Waals surface area (Å²) >= 11 is 0. The molecular weight excluding hydrogens is 232 g/mol. The van der Waals surface area contributed by atoms with Crippen molar-refractivity contribution in [2.24, 2.45) is 0 Å². The Morgan fingerprint density at radius 1 is 1.28 bits per heavy atom. The van der Waals surface area contributed by atoms with Crippen molar-refractivity contribution >= 4 is 22.7 Å². The zero-order valence-electron chi connectivity index (χ0n) is 10.1. The summed E-state index contributed by atoms with van der Waals surface area (Å²) in [6.45, 7) is 3.81. The quantitative estimate of drug-likeness (QED) is 0.353. The van der Waals surface area contributed by atoms with Gasteiger partial charge in [-0.25, -0.2) is 0 Å². The minimum Gasteiger partial charge on any atom is -0.618 e. The van der Waals surface area contributed by atoms with Gasteiger partial charge in [0.15, 0.2) is 0 Å². The van der Waals surface area contributed by atoms with Gasteiger partial charge in [0, 0.05) is 30.3 Å². The molecule has 0 unspecified atom stereocenters. The molecule has 0 aliphatic carbocycles. The van der Waals surface area contributed by atoms with Crippen molar-refractivity contribution in [3.63, 3.8) is 0 Å². The molecule has 0 radical (unpaired) electrons. The zero-order chi connectivity index (χ0) is 13.3. The minimum atomic E-state index is -0.474. The third-order valence-corrected chi connectivity index (χ3v) is 2.55. The van der Waals surface area contributed by atoms with E-state index < -0.39 is 4.92 Å². The SMILES string of the molecule is CC(C)=Cc1ccc2cc([N+](=O)[O-])ccc2[n+]1[O-]. The van der Waals surface area contributed by atoms with Gasteiger partial charge in [0.25, 0.3) is 5.69 Å². The van der Waals surface area contributed by atoms with Crippen LogP contribution in [0.5, 0.6) is 0 Å². The van der Waals surface area contributed by atoms with Gasteiger partial charge in [-0.15, -0.1) is 0 Å². The van der Waals surface area contributed by atoms with Crippen LogP contribution >= 0.6 is 0 Å². The highest BCUT2D eigenvalue weighted by atomic mass is 16.6. The molecule has 0 aliphatic heterocycles. The third-order valence-electron chi connectivity index (χ3n) is 2.55. The van der Waals surface area contributed by atoms with Crippen LogP contribution in [0.1, 0.15) is 19.5 Å². The summed E-state index contributed by atoms with van der Waals surface area (Å²) in [5.41, 5.74) is 1.95. The Labute approximate surface area is 104 Å². The maximum atomic E-state index is 12.0. The van der Waals surface area contributed by atoms with Gasteiger partial charge in [-0.2, -0.15) is 4.73 Å². The second kappa shape index (κ2) is 4.44. The van der Waals surface area contributed by atoms with E-state index in [9.17, 15) is 15.3 Å². The minimum absolute atomic E-state index is 0.0162. The average molecular weight is 244 g/mol. The largest absolute Gasteiger partial charge is 0.618 e. The fourth-order valence-electron chi connectivity index (χ4n) is 1.76. The predicted molar refractivity (Wildman–Crippen MR) is 68.9 cm³/mol. The molecule has 5 nitrogen and oxygen atoms in total. The number of nitro benzene ring substituents is 1. The highest BCUT2D eigenvalue weighted by molar-refractivity contribution is 5.79. The van der Waals surface area contributed by atoms with Crippen LogP contribution in [-0.4, -0.2) is 4.92 Å². The van der Waals surface area contributed by atoms with Crippen LogP contribution in [0.25, 0.3) is 17.0 Å². The topological polar surface area (TPSA) is 70.1 Å². The lowest BCUT2D eigenvalue weighted by Gasteiger charge is -2.05. The molecule has 0 N–H and O–H groups in total. The number of nitro groups is 1. The molecule has 5 heteroatoms. The number of hydrogen-bond acceptors (Lipinski definition) is 3. The number of hydrogen-bond donors (Lipinski definition) is 0. The average Bonchev–Trinajstić information content (AvgIpc) is 2.32. The van der Waals surface area contributed by atoms with E-state index in [4.69, 9.17) is 0 Å². The van der Waals surface area contributed by atoms with E-state index in [0.29, 0.717) is 16.6 Å². The first-order chi connectivity index (χ1) is 8.49. The molecule has 0 bridgehead atoms. The summed E-state index contributed by atoms with van der Waals surface area (Å²) in [6.07, 6.45) is 1.77. The normalized spacial score (nSPS) is 10.3. The second-order valence-electron chi connectivity index (χ2n) is 4.27. The summed E-state index contributed by atoms with van der Waals surface area (Å²) in [5, 5.41) is 23.3. The van der Waals surface area contributed by atoms with Crippen molar-refractivity contribution in [1.29, 1.82) is 0 Å². The van der Waals surface area contributed by atoms with Gasteiger partial charge in [0.1, 0.15) is 0 Å². The molecule has 0 atom stereocenters. The Hall–Kier alpha value is -2.43. The summed E-state index contributed by atoms with van der Waals surface area (Å²) in [7, 11) is 0. The molecule has 92 valence electrons. The number of non-ortho nitro benzene ring substituents is 1. The van der Waals surface area contributed by atoms with Crippen molar-refractivity contribution in [3.8, 4) is 0 Å². The molecule has 0 amide bonds. The lowest BCUT2D eigenvalue weighted by molar-refractivity contribution is -0.579. The molecule has 0 fully saturated rings. The Balaban J connectivity index is 2.66. The van der Waals surface area contributed by atoms with Crippen molar-refractivity contribution in [1.82, 2.24) is 0 Å². The number of fused-ring (bicyclic) bond motifs is 1. The van der Waals surface area contributed by atoms with Gasteiger partial charge in [-0.1, -0.05) is 5.57 Å². The molecule has 0 saturated carbocycles. The van der Waals surface area contributed by atoms with Gasteiger partial charge >= 0.3 is 0 Å².